The van der Waals surface area contributed by atoms with Crippen molar-refractivity contribution in [3.05, 3.63) is 33.8 Å². The first-order chi connectivity index (χ1) is 7.54. The molecule has 1 unspecified atom stereocenters. The van der Waals surface area contributed by atoms with Crippen molar-refractivity contribution in [3.8, 4) is 0 Å². The Bertz CT molecular complexity index is 379. The van der Waals surface area contributed by atoms with E-state index in [0.717, 1.165) is 12.0 Å². The largest absolute Gasteiger partial charge is 0.321 e. The molecule has 1 aromatic carbocycles. The molecule has 16 heavy (non-hydrogen) atoms. The number of benzene rings is 1. The first-order valence-electron chi connectivity index (χ1n) is 5.26. The molecule has 0 radical (unpaired) electrons. The van der Waals surface area contributed by atoms with E-state index in [-0.39, 0.29) is 12.2 Å². The predicted molar refractivity (Wildman–Crippen MR) is 68.1 cm³/mol. The van der Waals surface area contributed by atoms with Crippen molar-refractivity contribution in [1.29, 1.82) is 0 Å². The molecule has 0 saturated heterocycles. The van der Waals surface area contributed by atoms with Crippen LogP contribution in [0.4, 0.5) is 0 Å². The maximum atomic E-state index is 11.7. The number of nitrogens with two attached hydrogens (primary N) is 1. The third-order valence-electron chi connectivity index (χ3n) is 2.39. The topological polar surface area (TPSA) is 43.1 Å². The SMILES string of the molecule is CCCC(N)C(=O)Cc1cc(Cl)ccc1Cl. The van der Waals surface area contributed by atoms with Gasteiger partial charge in [0.15, 0.2) is 5.78 Å². The third kappa shape index (κ3) is 3.78. The summed E-state index contributed by atoms with van der Waals surface area (Å²) >= 11 is 11.8. The molecule has 0 aromatic heterocycles. The summed E-state index contributed by atoms with van der Waals surface area (Å²) in [4.78, 5) is 11.7. The molecule has 0 saturated carbocycles. The maximum Gasteiger partial charge on any atom is 0.153 e. The van der Waals surface area contributed by atoms with Crippen molar-refractivity contribution in [2.75, 3.05) is 0 Å². The molecule has 0 fully saturated rings. The van der Waals surface area contributed by atoms with Gasteiger partial charge in [-0.3, -0.25) is 4.79 Å². The molecule has 4 heteroatoms. The monoisotopic (exact) mass is 259 g/mol. The number of carbonyl (C=O) groups excluding carboxylic acids is 1. The minimum Gasteiger partial charge on any atom is -0.321 e. The van der Waals surface area contributed by atoms with Gasteiger partial charge in [0.05, 0.1) is 6.04 Å². The van der Waals surface area contributed by atoms with Crippen LogP contribution >= 0.6 is 23.2 Å². The Kier molecular flexibility index (Phi) is 5.26. The smallest absolute Gasteiger partial charge is 0.153 e. The van der Waals surface area contributed by atoms with Gasteiger partial charge in [0.2, 0.25) is 0 Å². The van der Waals surface area contributed by atoms with E-state index in [1.54, 1.807) is 18.2 Å². The summed E-state index contributed by atoms with van der Waals surface area (Å²) < 4.78 is 0. The quantitative estimate of drug-likeness (QED) is 0.883. The number of ketones is 1. The second-order valence-corrected chi connectivity index (χ2v) is 4.62. The summed E-state index contributed by atoms with van der Waals surface area (Å²) in [6, 6.07) is 4.70. The number of carbonyl (C=O) groups is 1. The lowest BCUT2D eigenvalue weighted by molar-refractivity contribution is -0.119. The Balaban J connectivity index is 2.72. The van der Waals surface area contributed by atoms with Crippen molar-refractivity contribution >= 4 is 29.0 Å². The van der Waals surface area contributed by atoms with Crippen LogP contribution in [0, 0.1) is 0 Å². The lowest BCUT2D eigenvalue weighted by Gasteiger charge is -2.10. The minimum atomic E-state index is -0.403. The average Bonchev–Trinajstić information content (AvgIpc) is 2.23. The van der Waals surface area contributed by atoms with Gasteiger partial charge < -0.3 is 5.73 Å². The molecule has 0 bridgehead atoms. The van der Waals surface area contributed by atoms with Crippen LogP contribution < -0.4 is 5.73 Å². The average molecular weight is 260 g/mol. The van der Waals surface area contributed by atoms with Crippen LogP contribution in [-0.4, -0.2) is 11.8 Å². The third-order valence-corrected chi connectivity index (χ3v) is 2.99. The second kappa shape index (κ2) is 6.24. The molecule has 1 atom stereocenters. The summed E-state index contributed by atoms with van der Waals surface area (Å²) in [5.74, 6) is 0.00557. The molecule has 0 aliphatic carbocycles. The zero-order valence-corrected chi connectivity index (χ0v) is 10.7. The first-order valence-corrected chi connectivity index (χ1v) is 6.02. The van der Waals surface area contributed by atoms with Gasteiger partial charge >= 0.3 is 0 Å². The molecule has 0 aliphatic heterocycles. The van der Waals surface area contributed by atoms with Crippen molar-refractivity contribution in [2.45, 2.75) is 32.2 Å². The molecule has 0 amide bonds. The van der Waals surface area contributed by atoms with Gasteiger partial charge in [0, 0.05) is 16.5 Å². The number of Topliss-reactive ketones (excluding diaryl/α,β-unsaturated/α-hetero) is 1. The standard InChI is InChI=1S/C12H15Cl2NO/c1-2-3-11(15)12(16)7-8-6-9(13)4-5-10(8)14/h4-6,11H,2-3,7,15H2,1H3. The lowest BCUT2D eigenvalue weighted by Crippen LogP contribution is -2.31. The van der Waals surface area contributed by atoms with E-state index in [1.165, 1.54) is 0 Å². The van der Waals surface area contributed by atoms with Crippen molar-refractivity contribution in [2.24, 2.45) is 5.73 Å². The normalized spacial score (nSPS) is 12.5. The number of hydrogen-bond acceptors (Lipinski definition) is 2. The highest BCUT2D eigenvalue weighted by Crippen LogP contribution is 2.21. The molecule has 0 aliphatic rings. The Labute approximate surface area is 106 Å². The fraction of sp³-hybridized carbons (Fsp3) is 0.417. The van der Waals surface area contributed by atoms with Gasteiger partial charge in [-0.1, -0.05) is 36.5 Å². The lowest BCUT2D eigenvalue weighted by atomic mass is 10.0. The van der Waals surface area contributed by atoms with Crippen LogP contribution in [0.2, 0.25) is 10.0 Å². The van der Waals surface area contributed by atoms with Gasteiger partial charge in [-0.05, 0) is 30.2 Å². The van der Waals surface area contributed by atoms with Crippen LogP contribution in [0.15, 0.2) is 18.2 Å². The summed E-state index contributed by atoms with van der Waals surface area (Å²) in [5.41, 5.74) is 6.48. The zero-order valence-electron chi connectivity index (χ0n) is 9.17. The number of hydrogen-bond donors (Lipinski definition) is 1. The van der Waals surface area contributed by atoms with E-state index >= 15 is 0 Å². The van der Waals surface area contributed by atoms with Gasteiger partial charge in [-0.25, -0.2) is 0 Å². The zero-order chi connectivity index (χ0) is 12.1. The van der Waals surface area contributed by atoms with Crippen LogP contribution in [-0.2, 0) is 11.2 Å². The Morgan fingerprint density at radius 2 is 2.12 bits per heavy atom. The van der Waals surface area contributed by atoms with Gasteiger partial charge in [-0.15, -0.1) is 0 Å². The number of rotatable bonds is 5. The Morgan fingerprint density at radius 1 is 1.44 bits per heavy atom. The highest BCUT2D eigenvalue weighted by molar-refractivity contribution is 6.33. The predicted octanol–water partition coefficient (Wildman–Crippen LogP) is 3.23. The van der Waals surface area contributed by atoms with E-state index < -0.39 is 6.04 Å². The van der Waals surface area contributed by atoms with Crippen molar-refractivity contribution < 1.29 is 4.79 Å². The van der Waals surface area contributed by atoms with Gasteiger partial charge in [0.25, 0.3) is 0 Å². The first kappa shape index (κ1) is 13.5. The molecule has 0 spiro atoms. The van der Waals surface area contributed by atoms with E-state index in [0.29, 0.717) is 16.5 Å². The van der Waals surface area contributed by atoms with E-state index in [1.807, 2.05) is 6.92 Å². The van der Waals surface area contributed by atoms with Crippen LogP contribution in [0.25, 0.3) is 0 Å². The molecular formula is C12H15Cl2NO. The highest BCUT2D eigenvalue weighted by Gasteiger charge is 2.14. The van der Waals surface area contributed by atoms with Gasteiger partial charge in [0.1, 0.15) is 0 Å². The molecular weight excluding hydrogens is 245 g/mol. The van der Waals surface area contributed by atoms with Crippen LogP contribution in [0.5, 0.6) is 0 Å². The highest BCUT2D eigenvalue weighted by atomic mass is 35.5. The number of halogens is 2. The molecule has 1 aromatic rings. The maximum absolute atomic E-state index is 11.7. The van der Waals surface area contributed by atoms with Crippen molar-refractivity contribution in [3.63, 3.8) is 0 Å². The van der Waals surface area contributed by atoms with Gasteiger partial charge in [-0.2, -0.15) is 0 Å². The molecule has 1 rings (SSSR count). The molecule has 88 valence electrons. The minimum absolute atomic E-state index is 0.00557. The molecule has 2 N–H and O–H groups in total. The summed E-state index contributed by atoms with van der Waals surface area (Å²) in [7, 11) is 0. The summed E-state index contributed by atoms with van der Waals surface area (Å²) in [6.45, 7) is 2.00. The Morgan fingerprint density at radius 3 is 2.75 bits per heavy atom. The molecule has 0 heterocycles. The van der Waals surface area contributed by atoms with Crippen LogP contribution in [0.1, 0.15) is 25.3 Å². The summed E-state index contributed by atoms with van der Waals surface area (Å²) in [5, 5.41) is 1.14. The Hall–Kier alpha value is -0.570. The van der Waals surface area contributed by atoms with Crippen molar-refractivity contribution in [1.82, 2.24) is 0 Å². The summed E-state index contributed by atoms with van der Waals surface area (Å²) in [6.07, 6.45) is 1.85. The van der Waals surface area contributed by atoms with E-state index in [2.05, 4.69) is 0 Å². The van der Waals surface area contributed by atoms with Crippen LogP contribution in [0.3, 0.4) is 0 Å². The van der Waals surface area contributed by atoms with E-state index in [4.69, 9.17) is 28.9 Å². The van der Waals surface area contributed by atoms with E-state index in [9.17, 15) is 4.79 Å². The fourth-order valence-corrected chi connectivity index (χ4v) is 1.85. The molecule has 2 nitrogen and oxygen atoms in total. The second-order valence-electron chi connectivity index (χ2n) is 3.77. The fourth-order valence-electron chi connectivity index (χ4n) is 1.47.